The summed E-state index contributed by atoms with van der Waals surface area (Å²) in [5.74, 6) is 0.444. The first-order chi connectivity index (χ1) is 7.75. The van der Waals surface area contributed by atoms with Crippen molar-refractivity contribution in [3.63, 3.8) is 0 Å². The van der Waals surface area contributed by atoms with Crippen molar-refractivity contribution in [1.29, 1.82) is 0 Å². The summed E-state index contributed by atoms with van der Waals surface area (Å²) < 4.78 is 0. The van der Waals surface area contributed by atoms with Crippen LogP contribution < -0.4 is 10.6 Å². The van der Waals surface area contributed by atoms with E-state index in [9.17, 15) is 9.90 Å². The van der Waals surface area contributed by atoms with Gasteiger partial charge in [-0.15, -0.1) is 0 Å². The lowest BCUT2D eigenvalue weighted by Gasteiger charge is -2.11. The van der Waals surface area contributed by atoms with Gasteiger partial charge in [0.1, 0.15) is 5.75 Å². The largest absolute Gasteiger partial charge is 0.508 e. The molecule has 1 saturated heterocycles. The number of nitrogens with one attached hydrogen (secondary N) is 2. The SMILES string of the molecule is O=C1CCC(CNCc2ccccc2O)N1. The molecular weight excluding hydrogens is 204 g/mol. The molecule has 0 radical (unpaired) electrons. The summed E-state index contributed by atoms with van der Waals surface area (Å²) in [4.78, 5) is 11.0. The van der Waals surface area contributed by atoms with Crippen LogP contribution in [0.2, 0.25) is 0 Å². The van der Waals surface area contributed by atoms with Gasteiger partial charge in [0.2, 0.25) is 5.91 Å². The van der Waals surface area contributed by atoms with Gasteiger partial charge >= 0.3 is 0 Å². The monoisotopic (exact) mass is 220 g/mol. The highest BCUT2D eigenvalue weighted by molar-refractivity contribution is 5.78. The van der Waals surface area contributed by atoms with E-state index in [-0.39, 0.29) is 11.9 Å². The minimum absolute atomic E-state index is 0.134. The van der Waals surface area contributed by atoms with E-state index < -0.39 is 0 Å². The molecule has 4 heteroatoms. The van der Waals surface area contributed by atoms with Crippen LogP contribution in [-0.4, -0.2) is 23.6 Å². The molecule has 86 valence electrons. The fraction of sp³-hybridized carbons (Fsp3) is 0.417. The minimum Gasteiger partial charge on any atom is -0.508 e. The predicted octanol–water partition coefficient (Wildman–Crippen LogP) is 0.760. The Morgan fingerprint density at radius 2 is 2.25 bits per heavy atom. The standard InChI is InChI=1S/C12H16N2O2/c15-11-4-2-1-3-9(11)7-13-8-10-5-6-12(16)14-10/h1-4,10,13,15H,5-8H2,(H,14,16). The van der Waals surface area contributed by atoms with Gasteiger partial charge in [-0.1, -0.05) is 18.2 Å². The van der Waals surface area contributed by atoms with Gasteiger partial charge in [-0.2, -0.15) is 0 Å². The molecule has 1 aromatic carbocycles. The fourth-order valence-electron chi connectivity index (χ4n) is 1.87. The van der Waals surface area contributed by atoms with Crippen molar-refractivity contribution in [1.82, 2.24) is 10.6 Å². The summed E-state index contributed by atoms with van der Waals surface area (Å²) in [7, 11) is 0. The predicted molar refractivity (Wildman–Crippen MR) is 61.0 cm³/mol. The molecule has 0 aromatic heterocycles. The van der Waals surface area contributed by atoms with Gasteiger partial charge in [-0.05, 0) is 12.5 Å². The van der Waals surface area contributed by atoms with Crippen molar-refractivity contribution < 1.29 is 9.90 Å². The van der Waals surface area contributed by atoms with Crippen molar-refractivity contribution in [2.45, 2.75) is 25.4 Å². The van der Waals surface area contributed by atoms with Gasteiger partial charge in [-0.3, -0.25) is 4.79 Å². The van der Waals surface area contributed by atoms with E-state index >= 15 is 0 Å². The maximum Gasteiger partial charge on any atom is 0.220 e. The molecule has 1 aliphatic heterocycles. The number of hydrogen-bond acceptors (Lipinski definition) is 3. The van der Waals surface area contributed by atoms with Crippen molar-refractivity contribution in [3.8, 4) is 5.75 Å². The second-order valence-electron chi connectivity index (χ2n) is 4.06. The van der Waals surface area contributed by atoms with Crippen LogP contribution in [0.1, 0.15) is 18.4 Å². The van der Waals surface area contributed by atoms with Crippen LogP contribution in [0.25, 0.3) is 0 Å². The Bertz CT molecular complexity index is 379. The second kappa shape index (κ2) is 4.99. The molecule has 2 rings (SSSR count). The third kappa shape index (κ3) is 2.73. The zero-order valence-corrected chi connectivity index (χ0v) is 9.07. The molecule has 1 heterocycles. The molecule has 0 saturated carbocycles. The zero-order chi connectivity index (χ0) is 11.4. The molecule has 1 amide bonds. The number of amides is 1. The van der Waals surface area contributed by atoms with Gasteiger partial charge in [0.25, 0.3) is 0 Å². The number of carbonyl (C=O) groups is 1. The summed E-state index contributed by atoms with van der Waals surface area (Å²) >= 11 is 0. The molecule has 1 aromatic rings. The molecule has 0 bridgehead atoms. The molecule has 1 atom stereocenters. The number of carbonyl (C=O) groups excluding carboxylic acids is 1. The summed E-state index contributed by atoms with van der Waals surface area (Å²) in [5.41, 5.74) is 0.881. The van der Waals surface area contributed by atoms with Crippen molar-refractivity contribution in [2.75, 3.05) is 6.54 Å². The highest BCUT2D eigenvalue weighted by Gasteiger charge is 2.19. The number of rotatable bonds is 4. The minimum atomic E-state index is 0.134. The number of benzene rings is 1. The van der Waals surface area contributed by atoms with E-state index in [1.165, 1.54) is 0 Å². The molecule has 0 aliphatic carbocycles. The topological polar surface area (TPSA) is 61.4 Å². The van der Waals surface area contributed by atoms with Crippen molar-refractivity contribution >= 4 is 5.91 Å². The highest BCUT2D eigenvalue weighted by atomic mass is 16.3. The lowest BCUT2D eigenvalue weighted by Crippen LogP contribution is -2.35. The Morgan fingerprint density at radius 3 is 2.94 bits per heavy atom. The second-order valence-corrected chi connectivity index (χ2v) is 4.06. The van der Waals surface area contributed by atoms with E-state index in [4.69, 9.17) is 0 Å². The smallest absolute Gasteiger partial charge is 0.220 e. The number of para-hydroxylation sites is 1. The number of phenolic OH excluding ortho intramolecular Hbond substituents is 1. The van der Waals surface area contributed by atoms with E-state index in [1.807, 2.05) is 12.1 Å². The molecule has 1 aliphatic rings. The Morgan fingerprint density at radius 1 is 1.44 bits per heavy atom. The van der Waals surface area contributed by atoms with Crippen LogP contribution in [0, 0.1) is 0 Å². The highest BCUT2D eigenvalue weighted by Crippen LogP contribution is 2.15. The summed E-state index contributed by atoms with van der Waals surface area (Å²) in [6, 6.07) is 7.49. The maximum atomic E-state index is 11.0. The number of aromatic hydroxyl groups is 1. The molecule has 4 nitrogen and oxygen atoms in total. The Kier molecular flexibility index (Phi) is 3.41. The lowest BCUT2D eigenvalue weighted by atomic mass is 10.2. The molecule has 1 fully saturated rings. The van der Waals surface area contributed by atoms with Gasteiger partial charge in [0.05, 0.1) is 0 Å². The average molecular weight is 220 g/mol. The Labute approximate surface area is 94.7 Å². The molecule has 16 heavy (non-hydrogen) atoms. The number of phenols is 1. The Hall–Kier alpha value is -1.55. The van der Waals surface area contributed by atoms with Crippen LogP contribution >= 0.6 is 0 Å². The lowest BCUT2D eigenvalue weighted by molar-refractivity contribution is -0.119. The summed E-state index contributed by atoms with van der Waals surface area (Å²) in [6.07, 6.45) is 1.52. The third-order valence-corrected chi connectivity index (χ3v) is 2.78. The van der Waals surface area contributed by atoms with Crippen molar-refractivity contribution in [3.05, 3.63) is 29.8 Å². The van der Waals surface area contributed by atoms with E-state index in [1.54, 1.807) is 12.1 Å². The van der Waals surface area contributed by atoms with Crippen molar-refractivity contribution in [2.24, 2.45) is 0 Å². The number of hydrogen-bond donors (Lipinski definition) is 3. The van der Waals surface area contributed by atoms with Gasteiger partial charge in [0, 0.05) is 31.1 Å². The van der Waals surface area contributed by atoms with E-state index in [2.05, 4.69) is 10.6 Å². The zero-order valence-electron chi connectivity index (χ0n) is 9.07. The van der Waals surface area contributed by atoms with Crippen LogP contribution in [-0.2, 0) is 11.3 Å². The third-order valence-electron chi connectivity index (χ3n) is 2.78. The molecule has 1 unspecified atom stereocenters. The average Bonchev–Trinajstić information content (AvgIpc) is 2.67. The van der Waals surface area contributed by atoms with E-state index in [0.29, 0.717) is 18.7 Å². The normalized spacial score (nSPS) is 19.8. The summed E-state index contributed by atoms with van der Waals surface area (Å²) in [5, 5.41) is 15.7. The fourth-order valence-corrected chi connectivity index (χ4v) is 1.87. The van der Waals surface area contributed by atoms with E-state index in [0.717, 1.165) is 18.5 Å². The molecule has 0 spiro atoms. The molecule has 3 N–H and O–H groups in total. The Balaban J connectivity index is 1.76. The quantitative estimate of drug-likeness (QED) is 0.702. The van der Waals surface area contributed by atoms with Gasteiger partial charge in [-0.25, -0.2) is 0 Å². The van der Waals surface area contributed by atoms with Crippen LogP contribution in [0.15, 0.2) is 24.3 Å². The van der Waals surface area contributed by atoms with Crippen LogP contribution in [0.5, 0.6) is 5.75 Å². The first-order valence-corrected chi connectivity index (χ1v) is 5.52. The van der Waals surface area contributed by atoms with Gasteiger partial charge in [0.15, 0.2) is 0 Å². The first kappa shape index (κ1) is 11.0. The maximum absolute atomic E-state index is 11.0. The van der Waals surface area contributed by atoms with Crippen LogP contribution in [0.3, 0.4) is 0 Å². The van der Waals surface area contributed by atoms with Gasteiger partial charge < -0.3 is 15.7 Å². The van der Waals surface area contributed by atoms with Crippen LogP contribution in [0.4, 0.5) is 0 Å². The summed E-state index contributed by atoms with van der Waals surface area (Å²) in [6.45, 7) is 1.37. The first-order valence-electron chi connectivity index (χ1n) is 5.52. The molecular formula is C12H16N2O2.